The standard InChI is InChI=1S/C14H25BrN4O2S2.HI/c1-5-19(6-2)23(20,21)10-9-17-14(16-3)18(4)11-12-7-8-13(15)22-12;/h7-8H,5-6,9-11H2,1-4H3,(H,16,17);1H. The van der Waals surface area contributed by atoms with Gasteiger partial charge in [-0.3, -0.25) is 4.99 Å². The topological polar surface area (TPSA) is 65.0 Å². The monoisotopic (exact) mass is 552 g/mol. The van der Waals surface area contributed by atoms with Crippen molar-refractivity contribution in [1.29, 1.82) is 0 Å². The summed E-state index contributed by atoms with van der Waals surface area (Å²) in [5, 5.41) is 3.12. The lowest BCUT2D eigenvalue weighted by atomic mass is 10.4. The zero-order chi connectivity index (χ0) is 17.5. The summed E-state index contributed by atoms with van der Waals surface area (Å²) in [5.41, 5.74) is 0. The Kier molecular flexibility index (Phi) is 11.7. The van der Waals surface area contributed by atoms with Crippen LogP contribution in [0.2, 0.25) is 0 Å². The molecule has 0 saturated carbocycles. The van der Waals surface area contributed by atoms with Gasteiger partial charge in [-0.15, -0.1) is 35.3 Å². The van der Waals surface area contributed by atoms with E-state index in [0.29, 0.717) is 25.6 Å². The molecule has 24 heavy (non-hydrogen) atoms. The van der Waals surface area contributed by atoms with Crippen molar-refractivity contribution in [3.63, 3.8) is 0 Å². The van der Waals surface area contributed by atoms with Crippen molar-refractivity contribution in [1.82, 2.24) is 14.5 Å². The first-order chi connectivity index (χ1) is 10.8. The van der Waals surface area contributed by atoms with Crippen LogP contribution in [0.5, 0.6) is 0 Å². The third-order valence-corrected chi connectivity index (χ3v) is 6.97. The minimum Gasteiger partial charge on any atom is -0.355 e. The fourth-order valence-electron chi connectivity index (χ4n) is 2.17. The Morgan fingerprint density at radius 1 is 1.33 bits per heavy atom. The summed E-state index contributed by atoms with van der Waals surface area (Å²) in [6.45, 7) is 5.75. The van der Waals surface area contributed by atoms with Gasteiger partial charge in [-0.1, -0.05) is 13.8 Å². The van der Waals surface area contributed by atoms with Crippen LogP contribution in [0.25, 0.3) is 0 Å². The van der Waals surface area contributed by atoms with Crippen LogP contribution in [0, 0.1) is 0 Å². The first-order valence-corrected chi connectivity index (χ1v) is 10.7. The van der Waals surface area contributed by atoms with E-state index in [1.54, 1.807) is 18.4 Å². The number of nitrogens with zero attached hydrogens (tertiary/aromatic N) is 3. The number of sulfonamides is 1. The van der Waals surface area contributed by atoms with E-state index in [4.69, 9.17) is 0 Å². The van der Waals surface area contributed by atoms with Gasteiger partial charge in [0.15, 0.2) is 5.96 Å². The molecule has 0 aliphatic heterocycles. The maximum atomic E-state index is 12.2. The van der Waals surface area contributed by atoms with Crippen LogP contribution in [0.15, 0.2) is 20.9 Å². The fourth-order valence-corrected chi connectivity index (χ4v) is 5.11. The fraction of sp³-hybridized carbons (Fsp3) is 0.643. The second kappa shape index (κ2) is 11.7. The molecule has 0 aromatic carbocycles. The van der Waals surface area contributed by atoms with Crippen molar-refractivity contribution in [2.24, 2.45) is 4.99 Å². The van der Waals surface area contributed by atoms with Gasteiger partial charge in [0.2, 0.25) is 10.0 Å². The van der Waals surface area contributed by atoms with E-state index in [0.717, 1.165) is 10.3 Å². The van der Waals surface area contributed by atoms with Gasteiger partial charge in [-0.2, -0.15) is 0 Å². The lowest BCUT2D eigenvalue weighted by molar-refractivity contribution is 0.443. The van der Waals surface area contributed by atoms with Crippen molar-refractivity contribution >= 4 is 67.2 Å². The highest BCUT2D eigenvalue weighted by Crippen LogP contribution is 2.22. The Hall–Kier alpha value is 0.0900. The van der Waals surface area contributed by atoms with Crippen LogP contribution in [0.3, 0.4) is 0 Å². The van der Waals surface area contributed by atoms with Gasteiger partial charge < -0.3 is 10.2 Å². The number of thiophene rings is 1. The minimum atomic E-state index is -3.21. The molecule has 1 rings (SSSR count). The highest BCUT2D eigenvalue weighted by Gasteiger charge is 2.18. The summed E-state index contributed by atoms with van der Waals surface area (Å²) in [7, 11) is 0.414. The third kappa shape index (κ3) is 7.54. The summed E-state index contributed by atoms with van der Waals surface area (Å²) < 4.78 is 26.9. The average Bonchev–Trinajstić information content (AvgIpc) is 2.89. The van der Waals surface area contributed by atoms with Gasteiger partial charge in [0.05, 0.1) is 16.1 Å². The molecule has 0 saturated heterocycles. The van der Waals surface area contributed by atoms with Crippen molar-refractivity contribution in [3.8, 4) is 0 Å². The quantitative estimate of drug-likeness (QED) is 0.306. The number of aliphatic imine (C=N–C) groups is 1. The molecular weight excluding hydrogens is 527 g/mol. The molecule has 0 fully saturated rings. The van der Waals surface area contributed by atoms with Gasteiger partial charge in [-0.05, 0) is 28.1 Å². The first-order valence-electron chi connectivity index (χ1n) is 7.47. The molecular formula is C14H26BrIN4O2S2. The maximum absolute atomic E-state index is 12.2. The summed E-state index contributed by atoms with van der Waals surface area (Å²) in [5.74, 6) is 0.746. The highest BCUT2D eigenvalue weighted by molar-refractivity contribution is 14.0. The predicted octanol–water partition coefficient (Wildman–Crippen LogP) is 2.81. The zero-order valence-corrected chi connectivity index (χ0v) is 20.0. The summed E-state index contributed by atoms with van der Waals surface area (Å²) in [6.07, 6.45) is 0. The Morgan fingerprint density at radius 2 is 1.96 bits per heavy atom. The van der Waals surface area contributed by atoms with E-state index in [1.807, 2.05) is 31.9 Å². The number of halogens is 2. The first kappa shape index (κ1) is 24.1. The van der Waals surface area contributed by atoms with Crippen molar-refractivity contribution in [2.45, 2.75) is 20.4 Å². The molecule has 1 aromatic rings. The normalized spacial score (nSPS) is 12.2. The van der Waals surface area contributed by atoms with Gasteiger partial charge in [-0.25, -0.2) is 12.7 Å². The number of hydrogen-bond acceptors (Lipinski definition) is 4. The van der Waals surface area contributed by atoms with Gasteiger partial charge in [0.25, 0.3) is 0 Å². The van der Waals surface area contributed by atoms with Crippen LogP contribution >= 0.6 is 51.2 Å². The second-order valence-corrected chi connectivity index (χ2v) is 9.57. The second-order valence-electron chi connectivity index (χ2n) is 4.94. The summed E-state index contributed by atoms with van der Waals surface area (Å²) in [4.78, 5) is 7.39. The zero-order valence-electron chi connectivity index (χ0n) is 14.5. The molecule has 6 nitrogen and oxygen atoms in total. The van der Waals surface area contributed by atoms with Crippen LogP contribution in [0.4, 0.5) is 0 Å². The van der Waals surface area contributed by atoms with E-state index in [9.17, 15) is 8.42 Å². The molecule has 1 N–H and O–H groups in total. The molecule has 10 heteroatoms. The summed E-state index contributed by atoms with van der Waals surface area (Å²) >= 11 is 5.12. The van der Waals surface area contributed by atoms with Crippen LogP contribution in [0.1, 0.15) is 18.7 Å². The average molecular weight is 553 g/mol. The molecule has 0 radical (unpaired) electrons. The Balaban J connectivity index is 0.00000529. The van der Waals surface area contributed by atoms with E-state index in [-0.39, 0.29) is 29.7 Å². The van der Waals surface area contributed by atoms with E-state index in [1.165, 1.54) is 9.18 Å². The number of hydrogen-bond donors (Lipinski definition) is 1. The minimum absolute atomic E-state index is 0. The summed E-state index contributed by atoms with van der Waals surface area (Å²) in [6, 6.07) is 4.07. The molecule has 0 aliphatic carbocycles. The molecule has 1 heterocycles. The lowest BCUT2D eigenvalue weighted by Gasteiger charge is -2.23. The molecule has 1 aromatic heterocycles. The van der Waals surface area contributed by atoms with E-state index < -0.39 is 10.0 Å². The number of guanidine groups is 1. The van der Waals surface area contributed by atoms with Crippen molar-refractivity contribution in [2.75, 3.05) is 39.5 Å². The smallest absolute Gasteiger partial charge is 0.215 e. The SMILES string of the molecule is CCN(CC)S(=O)(=O)CCNC(=NC)N(C)Cc1ccc(Br)s1.I. The van der Waals surface area contributed by atoms with Crippen LogP contribution < -0.4 is 5.32 Å². The largest absolute Gasteiger partial charge is 0.355 e. The third-order valence-electron chi connectivity index (χ3n) is 3.34. The van der Waals surface area contributed by atoms with Gasteiger partial charge in [0, 0.05) is 38.6 Å². The van der Waals surface area contributed by atoms with Gasteiger partial charge >= 0.3 is 0 Å². The predicted molar refractivity (Wildman–Crippen MR) is 117 cm³/mol. The molecule has 0 aliphatic rings. The number of rotatable bonds is 8. The van der Waals surface area contributed by atoms with Crippen molar-refractivity contribution in [3.05, 3.63) is 20.8 Å². The Labute approximate surface area is 174 Å². The Morgan fingerprint density at radius 3 is 2.42 bits per heavy atom. The van der Waals surface area contributed by atoms with Crippen LogP contribution in [-0.2, 0) is 16.6 Å². The molecule has 0 bridgehead atoms. The molecule has 0 unspecified atom stereocenters. The number of nitrogens with one attached hydrogen (secondary N) is 1. The van der Waals surface area contributed by atoms with E-state index in [2.05, 4.69) is 32.3 Å². The van der Waals surface area contributed by atoms with Crippen LogP contribution in [-0.4, -0.2) is 63.1 Å². The molecule has 140 valence electrons. The lowest BCUT2D eigenvalue weighted by Crippen LogP contribution is -2.42. The highest BCUT2D eigenvalue weighted by atomic mass is 127. The maximum Gasteiger partial charge on any atom is 0.215 e. The molecule has 0 atom stereocenters. The van der Waals surface area contributed by atoms with Gasteiger partial charge in [0.1, 0.15) is 0 Å². The van der Waals surface area contributed by atoms with Crippen molar-refractivity contribution < 1.29 is 8.42 Å². The van der Waals surface area contributed by atoms with E-state index >= 15 is 0 Å². The molecule has 0 amide bonds. The molecule has 0 spiro atoms. The Bertz CT molecular complexity index is 618.